The van der Waals surface area contributed by atoms with Crippen molar-refractivity contribution in [3.8, 4) is 0 Å². The molecule has 1 aromatic heterocycles. The summed E-state index contributed by atoms with van der Waals surface area (Å²) in [5, 5.41) is 0. The minimum Gasteiger partial charge on any atom is -0.296 e. The van der Waals surface area contributed by atoms with Gasteiger partial charge in [0.2, 0.25) is 0 Å². The van der Waals surface area contributed by atoms with E-state index in [0.717, 1.165) is 18.5 Å². The number of piperidine rings is 1. The first kappa shape index (κ1) is 11.2. The van der Waals surface area contributed by atoms with Crippen molar-refractivity contribution in [2.24, 2.45) is 5.92 Å². The van der Waals surface area contributed by atoms with Gasteiger partial charge in [0, 0.05) is 25.0 Å². The highest BCUT2D eigenvalue weighted by molar-refractivity contribution is 5.09. The third-order valence-electron chi connectivity index (χ3n) is 4.47. The summed E-state index contributed by atoms with van der Waals surface area (Å²) in [6, 6.07) is 5.12. The van der Waals surface area contributed by atoms with E-state index in [9.17, 15) is 0 Å². The van der Waals surface area contributed by atoms with Crippen LogP contribution in [0.2, 0.25) is 0 Å². The van der Waals surface area contributed by atoms with Crippen LogP contribution >= 0.6 is 0 Å². The molecule has 1 aliphatic heterocycles. The Morgan fingerprint density at radius 2 is 2.06 bits per heavy atom. The average Bonchev–Trinajstić information content (AvgIpc) is 2.40. The summed E-state index contributed by atoms with van der Waals surface area (Å²) >= 11 is 0. The smallest absolute Gasteiger partial charge is 0.0312 e. The Morgan fingerprint density at radius 3 is 2.94 bits per heavy atom. The highest BCUT2D eigenvalue weighted by Crippen LogP contribution is 2.35. The second-order valence-corrected chi connectivity index (χ2v) is 5.59. The molecule has 0 aromatic carbocycles. The lowest BCUT2D eigenvalue weighted by Crippen LogP contribution is -2.46. The van der Waals surface area contributed by atoms with Gasteiger partial charge in [0.25, 0.3) is 0 Å². The first-order chi connectivity index (χ1) is 8.43. The van der Waals surface area contributed by atoms with Crippen LogP contribution in [0.15, 0.2) is 24.5 Å². The molecule has 1 saturated heterocycles. The zero-order valence-corrected chi connectivity index (χ0v) is 10.5. The maximum absolute atomic E-state index is 4.23. The molecule has 1 aromatic rings. The molecule has 2 heteroatoms. The lowest BCUT2D eigenvalue weighted by Gasteiger charge is -2.44. The average molecular weight is 230 g/mol. The molecule has 1 aliphatic carbocycles. The third-order valence-corrected chi connectivity index (χ3v) is 4.47. The predicted molar refractivity (Wildman–Crippen MR) is 69.6 cm³/mol. The molecule has 2 nitrogen and oxygen atoms in total. The Morgan fingerprint density at radius 1 is 1.18 bits per heavy atom. The summed E-state index contributed by atoms with van der Waals surface area (Å²) in [5.41, 5.74) is 1.37. The van der Waals surface area contributed by atoms with Crippen molar-refractivity contribution >= 4 is 0 Å². The molecule has 2 heterocycles. The van der Waals surface area contributed by atoms with Gasteiger partial charge in [0.15, 0.2) is 0 Å². The maximum Gasteiger partial charge on any atom is 0.0312 e. The van der Waals surface area contributed by atoms with Crippen LogP contribution in [0.5, 0.6) is 0 Å². The van der Waals surface area contributed by atoms with E-state index in [4.69, 9.17) is 0 Å². The van der Waals surface area contributed by atoms with Gasteiger partial charge in [0.1, 0.15) is 0 Å². The molecule has 92 valence electrons. The Hall–Kier alpha value is -0.890. The van der Waals surface area contributed by atoms with Crippen LogP contribution in [0.4, 0.5) is 0 Å². The van der Waals surface area contributed by atoms with E-state index in [2.05, 4.69) is 22.0 Å². The summed E-state index contributed by atoms with van der Waals surface area (Å²) in [6.07, 6.45) is 12.5. The van der Waals surface area contributed by atoms with E-state index in [1.54, 1.807) is 0 Å². The molecule has 2 atom stereocenters. The van der Waals surface area contributed by atoms with Gasteiger partial charge in [-0.05, 0) is 49.8 Å². The SMILES string of the molecule is c1cncc(CN2CCCC3CCCCC32)c1. The summed E-state index contributed by atoms with van der Waals surface area (Å²) in [7, 11) is 0. The predicted octanol–water partition coefficient (Wildman–Crippen LogP) is 3.24. The van der Waals surface area contributed by atoms with Crippen LogP contribution in [0, 0.1) is 5.92 Å². The number of rotatable bonds is 2. The summed E-state index contributed by atoms with van der Waals surface area (Å²) < 4.78 is 0. The number of hydrogen-bond acceptors (Lipinski definition) is 2. The molecule has 2 aliphatic rings. The fourth-order valence-corrected chi connectivity index (χ4v) is 3.65. The monoisotopic (exact) mass is 230 g/mol. The van der Waals surface area contributed by atoms with Gasteiger partial charge in [0.05, 0.1) is 0 Å². The minimum absolute atomic E-state index is 0.859. The van der Waals surface area contributed by atoms with Crippen molar-refractivity contribution in [3.63, 3.8) is 0 Å². The molecule has 2 unspecified atom stereocenters. The largest absolute Gasteiger partial charge is 0.296 e. The van der Waals surface area contributed by atoms with Crippen molar-refractivity contribution in [1.29, 1.82) is 0 Å². The van der Waals surface area contributed by atoms with E-state index >= 15 is 0 Å². The number of likely N-dealkylation sites (tertiary alicyclic amines) is 1. The zero-order chi connectivity index (χ0) is 11.5. The number of aromatic nitrogens is 1. The second-order valence-electron chi connectivity index (χ2n) is 5.59. The van der Waals surface area contributed by atoms with Crippen LogP contribution in [0.1, 0.15) is 44.1 Å². The molecule has 0 spiro atoms. The van der Waals surface area contributed by atoms with E-state index in [0.29, 0.717) is 0 Å². The number of pyridine rings is 1. The number of hydrogen-bond donors (Lipinski definition) is 0. The molecule has 0 radical (unpaired) electrons. The quantitative estimate of drug-likeness (QED) is 0.775. The van der Waals surface area contributed by atoms with Crippen molar-refractivity contribution in [2.75, 3.05) is 6.54 Å². The van der Waals surface area contributed by atoms with Crippen LogP contribution < -0.4 is 0 Å². The number of fused-ring (bicyclic) bond motifs is 1. The standard InChI is InChI=1S/C15H22N2/c1-2-8-15-14(6-1)7-4-10-17(15)12-13-5-3-9-16-11-13/h3,5,9,11,14-15H,1-2,4,6-8,10,12H2. The first-order valence-corrected chi connectivity index (χ1v) is 7.06. The van der Waals surface area contributed by atoms with Gasteiger partial charge < -0.3 is 0 Å². The van der Waals surface area contributed by atoms with Crippen LogP contribution in [0.3, 0.4) is 0 Å². The van der Waals surface area contributed by atoms with Gasteiger partial charge in [-0.2, -0.15) is 0 Å². The first-order valence-electron chi connectivity index (χ1n) is 7.06. The van der Waals surface area contributed by atoms with Gasteiger partial charge in [-0.3, -0.25) is 9.88 Å². The third kappa shape index (κ3) is 2.52. The van der Waals surface area contributed by atoms with E-state index in [-0.39, 0.29) is 0 Å². The van der Waals surface area contributed by atoms with Crippen molar-refractivity contribution in [2.45, 2.75) is 51.1 Å². The van der Waals surface area contributed by atoms with Crippen LogP contribution in [-0.4, -0.2) is 22.5 Å². The van der Waals surface area contributed by atoms with Gasteiger partial charge in [-0.25, -0.2) is 0 Å². The molecule has 0 N–H and O–H groups in total. The summed E-state index contributed by atoms with van der Waals surface area (Å²) in [5.74, 6) is 0.981. The molecule has 0 amide bonds. The van der Waals surface area contributed by atoms with Crippen LogP contribution in [-0.2, 0) is 6.54 Å². The maximum atomic E-state index is 4.23. The Labute approximate surface area is 104 Å². The van der Waals surface area contributed by atoms with E-state index in [1.807, 2.05) is 12.4 Å². The molecule has 2 fully saturated rings. The van der Waals surface area contributed by atoms with E-state index in [1.165, 1.54) is 50.6 Å². The Kier molecular flexibility index (Phi) is 3.41. The zero-order valence-electron chi connectivity index (χ0n) is 10.5. The van der Waals surface area contributed by atoms with Gasteiger partial charge in [-0.15, -0.1) is 0 Å². The molecule has 17 heavy (non-hydrogen) atoms. The molecular weight excluding hydrogens is 208 g/mol. The highest BCUT2D eigenvalue weighted by atomic mass is 15.2. The molecule has 1 saturated carbocycles. The molecule has 0 bridgehead atoms. The Balaban J connectivity index is 1.69. The molecular formula is C15H22N2. The summed E-state index contributed by atoms with van der Waals surface area (Å²) in [4.78, 5) is 6.94. The minimum atomic E-state index is 0.859. The fourth-order valence-electron chi connectivity index (χ4n) is 3.65. The Bertz CT molecular complexity index is 347. The fraction of sp³-hybridized carbons (Fsp3) is 0.667. The van der Waals surface area contributed by atoms with Crippen molar-refractivity contribution < 1.29 is 0 Å². The number of nitrogens with zero attached hydrogens (tertiary/aromatic N) is 2. The van der Waals surface area contributed by atoms with Gasteiger partial charge in [-0.1, -0.05) is 18.9 Å². The van der Waals surface area contributed by atoms with E-state index < -0.39 is 0 Å². The van der Waals surface area contributed by atoms with Crippen molar-refractivity contribution in [1.82, 2.24) is 9.88 Å². The molecule has 3 rings (SSSR count). The van der Waals surface area contributed by atoms with Gasteiger partial charge >= 0.3 is 0 Å². The topological polar surface area (TPSA) is 16.1 Å². The highest BCUT2D eigenvalue weighted by Gasteiger charge is 2.32. The normalized spacial score (nSPS) is 29.9. The van der Waals surface area contributed by atoms with Crippen molar-refractivity contribution in [3.05, 3.63) is 30.1 Å². The second kappa shape index (κ2) is 5.18. The lowest BCUT2D eigenvalue weighted by atomic mass is 9.78. The van der Waals surface area contributed by atoms with Crippen LogP contribution in [0.25, 0.3) is 0 Å². The lowest BCUT2D eigenvalue weighted by molar-refractivity contribution is 0.0546. The summed E-state index contributed by atoms with van der Waals surface area (Å²) in [6.45, 7) is 2.39.